The first-order chi connectivity index (χ1) is 11.1. The molecule has 0 amide bonds. The van der Waals surface area contributed by atoms with Crippen LogP contribution >= 0.6 is 0 Å². The maximum absolute atomic E-state index is 12.6. The van der Waals surface area contributed by atoms with Crippen molar-refractivity contribution in [3.8, 4) is 0 Å². The molecule has 126 valence electrons. The van der Waals surface area contributed by atoms with Gasteiger partial charge in [-0.15, -0.1) is 0 Å². The molecule has 2 aromatic rings. The molecule has 9 nitrogen and oxygen atoms in total. The van der Waals surface area contributed by atoms with Crippen LogP contribution in [-0.4, -0.2) is 41.1 Å². The van der Waals surface area contributed by atoms with Gasteiger partial charge < -0.3 is 4.98 Å². The molecule has 0 bridgehead atoms. The topological polar surface area (TPSA) is 140 Å². The summed E-state index contributed by atoms with van der Waals surface area (Å²) >= 11 is 0. The summed E-state index contributed by atoms with van der Waals surface area (Å²) in [4.78, 5) is 40.9. The number of H-pyrrole nitrogens is 1. The Morgan fingerprint density at radius 3 is 2.46 bits per heavy atom. The molecule has 0 aliphatic heterocycles. The van der Waals surface area contributed by atoms with Gasteiger partial charge in [0.25, 0.3) is 5.69 Å². The van der Waals surface area contributed by atoms with Crippen LogP contribution in [-0.2, 0) is 14.6 Å². The van der Waals surface area contributed by atoms with E-state index in [2.05, 4.69) is 9.97 Å². The number of nitrogens with one attached hydrogen (secondary N) is 1. The highest BCUT2D eigenvalue weighted by molar-refractivity contribution is 7.90. The van der Waals surface area contributed by atoms with Crippen molar-refractivity contribution in [2.24, 2.45) is 0 Å². The van der Waals surface area contributed by atoms with Crippen LogP contribution in [0.25, 0.3) is 0 Å². The second kappa shape index (κ2) is 6.32. The molecule has 1 aromatic heterocycles. The number of nitro benzene ring substituents is 1. The molecular formula is C14H13N3O6S. The number of carbonyl (C=O) groups excluding carboxylic acids is 2. The van der Waals surface area contributed by atoms with E-state index >= 15 is 0 Å². The first kappa shape index (κ1) is 17.5. The standard InChI is InChI=1S/C14H13N3O6S/c1-8(18)13(11-6-15-7-16-11)14(19)10-4-3-9(24(2,22)23)5-12(10)17(20)21/h3-7,13H,1-2H3,(H,15,16). The lowest BCUT2D eigenvalue weighted by Crippen LogP contribution is -2.21. The maximum Gasteiger partial charge on any atom is 0.281 e. The molecule has 24 heavy (non-hydrogen) atoms. The lowest BCUT2D eigenvalue weighted by molar-refractivity contribution is -0.385. The van der Waals surface area contributed by atoms with Crippen molar-refractivity contribution in [2.75, 3.05) is 6.26 Å². The van der Waals surface area contributed by atoms with Crippen molar-refractivity contribution in [2.45, 2.75) is 17.7 Å². The summed E-state index contributed by atoms with van der Waals surface area (Å²) in [5.41, 5.74) is -0.815. The fourth-order valence-corrected chi connectivity index (χ4v) is 2.87. The van der Waals surface area contributed by atoms with Crippen LogP contribution in [0.2, 0.25) is 0 Å². The summed E-state index contributed by atoms with van der Waals surface area (Å²) in [6, 6.07) is 2.95. The minimum absolute atomic E-state index is 0.203. The van der Waals surface area contributed by atoms with Gasteiger partial charge in [-0.05, 0) is 19.1 Å². The largest absolute Gasteiger partial charge is 0.348 e. The van der Waals surface area contributed by atoms with Crippen LogP contribution in [0.1, 0.15) is 28.9 Å². The molecule has 0 saturated carbocycles. The fraction of sp³-hybridized carbons (Fsp3) is 0.214. The quantitative estimate of drug-likeness (QED) is 0.358. The summed E-state index contributed by atoms with van der Waals surface area (Å²) in [7, 11) is -3.68. The zero-order valence-corrected chi connectivity index (χ0v) is 13.5. The predicted octanol–water partition coefficient (Wildman–Crippen LogP) is 1.28. The fourth-order valence-electron chi connectivity index (χ4n) is 2.23. The van der Waals surface area contributed by atoms with Crippen LogP contribution in [0.15, 0.2) is 35.6 Å². The van der Waals surface area contributed by atoms with Crippen LogP contribution in [0, 0.1) is 10.1 Å². The van der Waals surface area contributed by atoms with Crippen LogP contribution in [0.5, 0.6) is 0 Å². The number of nitro groups is 1. The molecule has 1 aromatic carbocycles. The Morgan fingerprint density at radius 2 is 2.00 bits per heavy atom. The van der Waals surface area contributed by atoms with E-state index in [0.717, 1.165) is 24.5 Å². The van der Waals surface area contributed by atoms with Gasteiger partial charge in [-0.3, -0.25) is 19.7 Å². The van der Waals surface area contributed by atoms with Crippen molar-refractivity contribution in [3.63, 3.8) is 0 Å². The highest BCUT2D eigenvalue weighted by atomic mass is 32.2. The monoisotopic (exact) mass is 351 g/mol. The van der Waals surface area contributed by atoms with Crippen molar-refractivity contribution in [3.05, 3.63) is 52.1 Å². The molecule has 2 rings (SSSR count). The van der Waals surface area contributed by atoms with Gasteiger partial charge in [0.05, 0.1) is 27.4 Å². The van der Waals surface area contributed by atoms with Gasteiger partial charge in [0.2, 0.25) is 0 Å². The van der Waals surface area contributed by atoms with Gasteiger partial charge in [0, 0.05) is 18.5 Å². The van der Waals surface area contributed by atoms with E-state index in [4.69, 9.17) is 0 Å². The molecule has 1 unspecified atom stereocenters. The molecule has 0 spiro atoms. The lowest BCUT2D eigenvalue weighted by atomic mass is 9.91. The van der Waals surface area contributed by atoms with Gasteiger partial charge in [0.1, 0.15) is 11.7 Å². The van der Waals surface area contributed by atoms with E-state index in [9.17, 15) is 28.1 Å². The molecule has 1 heterocycles. The number of rotatable bonds is 6. The summed E-state index contributed by atoms with van der Waals surface area (Å²) < 4.78 is 23.1. The van der Waals surface area contributed by atoms with Gasteiger partial charge in [0.15, 0.2) is 15.6 Å². The third-order valence-corrected chi connectivity index (χ3v) is 4.47. The molecule has 10 heteroatoms. The summed E-state index contributed by atoms with van der Waals surface area (Å²) in [6.07, 6.45) is 3.46. The number of sulfone groups is 1. The minimum atomic E-state index is -3.68. The van der Waals surface area contributed by atoms with Crippen molar-refractivity contribution in [1.82, 2.24) is 9.97 Å². The molecule has 0 fully saturated rings. The predicted molar refractivity (Wildman–Crippen MR) is 82.5 cm³/mol. The Morgan fingerprint density at radius 1 is 1.33 bits per heavy atom. The van der Waals surface area contributed by atoms with E-state index in [1.165, 1.54) is 19.4 Å². The van der Waals surface area contributed by atoms with Crippen LogP contribution in [0.4, 0.5) is 5.69 Å². The van der Waals surface area contributed by atoms with E-state index in [0.29, 0.717) is 0 Å². The second-order valence-electron chi connectivity index (χ2n) is 5.12. The van der Waals surface area contributed by atoms with Gasteiger partial charge in [-0.1, -0.05) is 0 Å². The van der Waals surface area contributed by atoms with Gasteiger partial charge in [-0.2, -0.15) is 0 Å². The number of Topliss-reactive ketones (excluding diaryl/α,β-unsaturated/α-hetero) is 2. The Hall–Kier alpha value is -2.88. The number of hydrogen-bond acceptors (Lipinski definition) is 7. The normalized spacial score (nSPS) is 12.6. The first-order valence-electron chi connectivity index (χ1n) is 6.64. The number of hydrogen-bond donors (Lipinski definition) is 1. The van der Waals surface area contributed by atoms with Gasteiger partial charge >= 0.3 is 0 Å². The second-order valence-corrected chi connectivity index (χ2v) is 7.14. The van der Waals surface area contributed by atoms with Crippen molar-refractivity contribution < 1.29 is 22.9 Å². The molecule has 0 aliphatic carbocycles. The SMILES string of the molecule is CC(=O)C(C(=O)c1ccc(S(C)(=O)=O)cc1[N+](=O)[O-])c1cnc[nH]1. The number of aromatic amines is 1. The Balaban J connectivity index is 2.60. The van der Waals surface area contributed by atoms with Crippen LogP contribution < -0.4 is 0 Å². The number of carbonyl (C=O) groups is 2. The average Bonchev–Trinajstić information content (AvgIpc) is 2.99. The zero-order chi connectivity index (χ0) is 18.1. The van der Waals surface area contributed by atoms with E-state index < -0.39 is 37.9 Å². The highest BCUT2D eigenvalue weighted by Crippen LogP contribution is 2.28. The van der Waals surface area contributed by atoms with Crippen molar-refractivity contribution >= 4 is 27.1 Å². The Labute approximate surface area is 136 Å². The molecule has 0 radical (unpaired) electrons. The van der Waals surface area contributed by atoms with E-state index in [-0.39, 0.29) is 16.2 Å². The number of benzene rings is 1. The third kappa shape index (κ3) is 3.38. The van der Waals surface area contributed by atoms with E-state index in [1.54, 1.807) is 0 Å². The number of ketones is 2. The number of nitrogens with zero attached hydrogens (tertiary/aromatic N) is 2. The van der Waals surface area contributed by atoms with E-state index in [1.807, 2.05) is 0 Å². The number of aromatic nitrogens is 2. The highest BCUT2D eigenvalue weighted by Gasteiger charge is 2.33. The molecule has 1 atom stereocenters. The average molecular weight is 351 g/mol. The first-order valence-corrected chi connectivity index (χ1v) is 8.53. The third-order valence-electron chi connectivity index (χ3n) is 3.36. The van der Waals surface area contributed by atoms with Gasteiger partial charge in [-0.25, -0.2) is 13.4 Å². The Bertz CT molecular complexity index is 918. The van der Waals surface area contributed by atoms with Crippen LogP contribution in [0.3, 0.4) is 0 Å². The molecule has 0 aliphatic rings. The van der Waals surface area contributed by atoms with Crippen molar-refractivity contribution in [1.29, 1.82) is 0 Å². The maximum atomic E-state index is 12.6. The molecule has 1 N–H and O–H groups in total. The molecular weight excluding hydrogens is 338 g/mol. The molecule has 0 saturated heterocycles. The number of imidazole rings is 1. The zero-order valence-electron chi connectivity index (χ0n) is 12.7. The lowest BCUT2D eigenvalue weighted by Gasteiger charge is -2.11. The minimum Gasteiger partial charge on any atom is -0.348 e. The summed E-state index contributed by atoms with van der Waals surface area (Å²) in [5.74, 6) is -2.61. The summed E-state index contributed by atoms with van der Waals surface area (Å²) in [6.45, 7) is 1.18. The smallest absolute Gasteiger partial charge is 0.281 e. The Kier molecular flexibility index (Phi) is 4.60. The summed E-state index contributed by atoms with van der Waals surface area (Å²) in [5, 5.41) is 11.2.